The van der Waals surface area contributed by atoms with Crippen LogP contribution in [-0.2, 0) is 4.79 Å². The van der Waals surface area contributed by atoms with Crippen LogP contribution < -0.4 is 4.74 Å². The molecule has 3 rings (SSSR count). The quantitative estimate of drug-likeness (QED) is 0.793. The monoisotopic (exact) mass is 230 g/mol. The molecule has 1 saturated carbocycles. The van der Waals surface area contributed by atoms with Crippen LogP contribution >= 0.6 is 0 Å². The molecule has 90 valence electrons. The molecule has 0 N–H and O–H groups in total. The molecule has 17 heavy (non-hydrogen) atoms. The van der Waals surface area contributed by atoms with E-state index in [-0.39, 0.29) is 0 Å². The SMILES string of the molecule is O=C(CCC1CCOc2ccccc21)C1CC1. The lowest BCUT2D eigenvalue weighted by molar-refractivity contribution is -0.120. The first-order chi connectivity index (χ1) is 8.34. The van der Waals surface area contributed by atoms with E-state index in [0.717, 1.165) is 44.5 Å². The molecular weight excluding hydrogens is 212 g/mol. The van der Waals surface area contributed by atoms with E-state index in [1.165, 1.54) is 5.56 Å². The van der Waals surface area contributed by atoms with Crippen molar-refractivity contribution in [3.05, 3.63) is 29.8 Å². The number of carbonyl (C=O) groups is 1. The average Bonchev–Trinajstić information content (AvgIpc) is 3.20. The second-order valence-electron chi connectivity index (χ2n) is 5.15. The number of ketones is 1. The van der Waals surface area contributed by atoms with Crippen molar-refractivity contribution in [1.82, 2.24) is 0 Å². The van der Waals surface area contributed by atoms with Crippen molar-refractivity contribution in [3.63, 3.8) is 0 Å². The Kier molecular flexibility index (Phi) is 2.87. The molecule has 0 spiro atoms. The van der Waals surface area contributed by atoms with Crippen molar-refractivity contribution >= 4 is 5.78 Å². The van der Waals surface area contributed by atoms with Crippen LogP contribution in [0.2, 0.25) is 0 Å². The Morgan fingerprint density at radius 1 is 1.24 bits per heavy atom. The van der Waals surface area contributed by atoms with Crippen LogP contribution in [0.5, 0.6) is 5.75 Å². The number of hydrogen-bond donors (Lipinski definition) is 0. The van der Waals surface area contributed by atoms with Gasteiger partial charge in [-0.05, 0) is 43.2 Å². The Bertz CT molecular complexity index is 421. The van der Waals surface area contributed by atoms with Gasteiger partial charge in [0.05, 0.1) is 6.61 Å². The second kappa shape index (κ2) is 4.52. The third-order valence-corrected chi connectivity index (χ3v) is 3.85. The Hall–Kier alpha value is -1.31. The molecular formula is C15H18O2. The van der Waals surface area contributed by atoms with Gasteiger partial charge in [-0.15, -0.1) is 0 Å². The normalized spacial score (nSPS) is 22.7. The van der Waals surface area contributed by atoms with E-state index < -0.39 is 0 Å². The van der Waals surface area contributed by atoms with Gasteiger partial charge in [-0.1, -0.05) is 18.2 Å². The minimum Gasteiger partial charge on any atom is -0.493 e. The van der Waals surface area contributed by atoms with Gasteiger partial charge in [-0.2, -0.15) is 0 Å². The Balaban J connectivity index is 1.65. The van der Waals surface area contributed by atoms with Crippen molar-refractivity contribution in [3.8, 4) is 5.75 Å². The number of fused-ring (bicyclic) bond motifs is 1. The number of para-hydroxylation sites is 1. The molecule has 0 aromatic heterocycles. The van der Waals surface area contributed by atoms with Gasteiger partial charge < -0.3 is 4.74 Å². The van der Waals surface area contributed by atoms with Crippen molar-refractivity contribution in [2.45, 2.75) is 38.0 Å². The van der Waals surface area contributed by atoms with Gasteiger partial charge >= 0.3 is 0 Å². The summed E-state index contributed by atoms with van der Waals surface area (Å²) in [5, 5.41) is 0. The zero-order valence-electron chi connectivity index (χ0n) is 10.0. The summed E-state index contributed by atoms with van der Waals surface area (Å²) in [6.45, 7) is 0.791. The van der Waals surface area contributed by atoms with Crippen LogP contribution in [0.4, 0.5) is 0 Å². The van der Waals surface area contributed by atoms with E-state index in [4.69, 9.17) is 4.74 Å². The summed E-state index contributed by atoms with van der Waals surface area (Å²) >= 11 is 0. The molecule has 1 aromatic carbocycles. The highest BCUT2D eigenvalue weighted by atomic mass is 16.5. The minimum absolute atomic E-state index is 0.407. The summed E-state index contributed by atoms with van der Waals surface area (Å²) in [6.07, 6.45) is 5.06. The van der Waals surface area contributed by atoms with E-state index in [1.807, 2.05) is 12.1 Å². The number of rotatable bonds is 4. The molecule has 1 aromatic rings. The van der Waals surface area contributed by atoms with E-state index in [9.17, 15) is 4.79 Å². The predicted molar refractivity (Wildman–Crippen MR) is 66.3 cm³/mol. The van der Waals surface area contributed by atoms with Crippen molar-refractivity contribution in [1.29, 1.82) is 0 Å². The van der Waals surface area contributed by atoms with Crippen molar-refractivity contribution in [2.75, 3.05) is 6.61 Å². The fourth-order valence-electron chi connectivity index (χ4n) is 2.64. The van der Waals surface area contributed by atoms with Gasteiger partial charge in [0.25, 0.3) is 0 Å². The summed E-state index contributed by atoms with van der Waals surface area (Å²) in [6, 6.07) is 8.24. The number of ether oxygens (including phenoxy) is 1. The maximum absolute atomic E-state index is 11.7. The van der Waals surface area contributed by atoms with Gasteiger partial charge in [0.15, 0.2) is 0 Å². The third kappa shape index (κ3) is 2.36. The van der Waals surface area contributed by atoms with Crippen LogP contribution in [0.1, 0.15) is 43.6 Å². The van der Waals surface area contributed by atoms with Gasteiger partial charge in [0.2, 0.25) is 0 Å². The van der Waals surface area contributed by atoms with Crippen LogP contribution in [0, 0.1) is 5.92 Å². The number of Topliss-reactive ketones (excluding diaryl/α,β-unsaturated/α-hetero) is 1. The summed E-state index contributed by atoms with van der Waals surface area (Å²) in [7, 11) is 0. The smallest absolute Gasteiger partial charge is 0.135 e. The predicted octanol–water partition coefficient (Wildman–Crippen LogP) is 3.31. The maximum atomic E-state index is 11.7. The fraction of sp³-hybridized carbons (Fsp3) is 0.533. The third-order valence-electron chi connectivity index (χ3n) is 3.85. The summed E-state index contributed by atoms with van der Waals surface area (Å²) in [4.78, 5) is 11.7. The van der Waals surface area contributed by atoms with Crippen LogP contribution in [0.25, 0.3) is 0 Å². The summed E-state index contributed by atoms with van der Waals surface area (Å²) in [5.41, 5.74) is 1.29. The molecule has 1 atom stereocenters. The lowest BCUT2D eigenvalue weighted by atomic mass is 9.88. The number of carbonyl (C=O) groups excluding carboxylic acids is 1. The van der Waals surface area contributed by atoms with Gasteiger partial charge in [0.1, 0.15) is 11.5 Å². The molecule has 2 nitrogen and oxygen atoms in total. The largest absolute Gasteiger partial charge is 0.493 e. The Labute approximate surface area is 102 Å². The second-order valence-corrected chi connectivity index (χ2v) is 5.15. The van der Waals surface area contributed by atoms with Crippen molar-refractivity contribution < 1.29 is 9.53 Å². The van der Waals surface area contributed by atoms with E-state index in [0.29, 0.717) is 17.6 Å². The van der Waals surface area contributed by atoms with Crippen LogP contribution in [0.3, 0.4) is 0 Å². The highest BCUT2D eigenvalue weighted by Gasteiger charge is 2.30. The molecule has 1 unspecified atom stereocenters. The number of benzene rings is 1. The standard InChI is InChI=1S/C15H18O2/c16-14(12-5-6-12)8-7-11-9-10-17-15-4-2-1-3-13(11)15/h1-4,11-12H,5-10H2. The molecule has 0 saturated heterocycles. The maximum Gasteiger partial charge on any atom is 0.135 e. The van der Waals surface area contributed by atoms with Gasteiger partial charge in [-0.3, -0.25) is 4.79 Å². The first-order valence-corrected chi connectivity index (χ1v) is 6.59. The highest BCUT2D eigenvalue weighted by molar-refractivity contribution is 5.83. The highest BCUT2D eigenvalue weighted by Crippen LogP contribution is 2.38. The molecule has 0 bridgehead atoms. The number of hydrogen-bond acceptors (Lipinski definition) is 2. The molecule has 1 fully saturated rings. The van der Waals surface area contributed by atoms with Crippen LogP contribution in [0.15, 0.2) is 24.3 Å². The zero-order chi connectivity index (χ0) is 11.7. The Morgan fingerprint density at radius 3 is 2.88 bits per heavy atom. The molecule has 2 heteroatoms. The first kappa shape index (κ1) is 10.8. The molecule has 0 radical (unpaired) electrons. The summed E-state index contributed by atoms with van der Waals surface area (Å²) < 4.78 is 5.64. The lowest BCUT2D eigenvalue weighted by Crippen LogP contribution is -2.15. The molecule has 0 amide bonds. The first-order valence-electron chi connectivity index (χ1n) is 6.59. The van der Waals surface area contributed by atoms with Gasteiger partial charge in [0, 0.05) is 12.3 Å². The fourth-order valence-corrected chi connectivity index (χ4v) is 2.64. The lowest BCUT2D eigenvalue weighted by Gasteiger charge is -2.25. The van der Waals surface area contributed by atoms with E-state index in [2.05, 4.69) is 12.1 Å². The van der Waals surface area contributed by atoms with E-state index in [1.54, 1.807) is 0 Å². The molecule has 1 aliphatic heterocycles. The van der Waals surface area contributed by atoms with E-state index >= 15 is 0 Å². The summed E-state index contributed by atoms with van der Waals surface area (Å²) in [5.74, 6) is 2.42. The molecule has 2 aliphatic rings. The van der Waals surface area contributed by atoms with Gasteiger partial charge in [-0.25, -0.2) is 0 Å². The zero-order valence-corrected chi connectivity index (χ0v) is 10.0. The minimum atomic E-state index is 0.407. The molecule has 1 aliphatic carbocycles. The topological polar surface area (TPSA) is 26.3 Å². The average molecular weight is 230 g/mol. The molecule has 1 heterocycles. The van der Waals surface area contributed by atoms with Crippen molar-refractivity contribution in [2.24, 2.45) is 5.92 Å². The van der Waals surface area contributed by atoms with Crippen LogP contribution in [-0.4, -0.2) is 12.4 Å². The Morgan fingerprint density at radius 2 is 2.06 bits per heavy atom.